The Hall–Kier alpha value is -4.71. The van der Waals surface area contributed by atoms with E-state index in [1.807, 2.05) is 59.7 Å². The first-order valence-electron chi connectivity index (χ1n) is 12.5. The molecule has 198 valence electrons. The third-order valence-electron chi connectivity index (χ3n) is 5.86. The van der Waals surface area contributed by atoms with Crippen LogP contribution in [0.4, 0.5) is 0 Å². The fourth-order valence-corrected chi connectivity index (χ4v) is 4.50. The summed E-state index contributed by atoms with van der Waals surface area (Å²) >= 11 is 0. The molecule has 0 amide bonds. The van der Waals surface area contributed by atoms with Gasteiger partial charge in [-0.1, -0.05) is 51.6 Å². The zero-order valence-electron chi connectivity index (χ0n) is 22.9. The van der Waals surface area contributed by atoms with Crippen molar-refractivity contribution in [1.82, 2.24) is 0 Å². The highest BCUT2D eigenvalue weighted by molar-refractivity contribution is 5.93. The van der Waals surface area contributed by atoms with Gasteiger partial charge in [0.25, 0.3) is 0 Å². The van der Waals surface area contributed by atoms with Gasteiger partial charge in [-0.15, -0.1) is 0 Å². The molecule has 0 radical (unpaired) electrons. The molecule has 4 aromatic rings. The maximum absolute atomic E-state index is 12.9. The van der Waals surface area contributed by atoms with Gasteiger partial charge < -0.3 is 14.2 Å². The van der Waals surface area contributed by atoms with Crippen molar-refractivity contribution in [3.8, 4) is 17.2 Å². The largest absolute Gasteiger partial charge is 0.423 e. The first-order valence-corrected chi connectivity index (χ1v) is 12.5. The Morgan fingerprint density at radius 2 is 0.564 bits per heavy atom. The van der Waals surface area contributed by atoms with Crippen LogP contribution >= 0.6 is 0 Å². The SMILES string of the molecule is Cc1cc(C)cc(C(=O)Oc2cc(OC(=O)c3cc(C)cc(C)c3)cc(OC(=O)c3cc(C)cc(C)c3)c2)c1. The third kappa shape index (κ3) is 7.20. The second-order valence-corrected chi connectivity index (χ2v) is 9.94. The van der Waals surface area contributed by atoms with Crippen molar-refractivity contribution in [2.24, 2.45) is 0 Å². The van der Waals surface area contributed by atoms with E-state index in [1.165, 1.54) is 18.2 Å². The predicted octanol–water partition coefficient (Wildman–Crippen LogP) is 7.19. The summed E-state index contributed by atoms with van der Waals surface area (Å²) in [6.07, 6.45) is 0. The third-order valence-corrected chi connectivity index (χ3v) is 5.86. The Kier molecular flexibility index (Phi) is 7.96. The maximum Gasteiger partial charge on any atom is 0.343 e. The summed E-state index contributed by atoms with van der Waals surface area (Å²) < 4.78 is 16.9. The first kappa shape index (κ1) is 27.3. The molecule has 0 N–H and O–H groups in total. The fourth-order valence-electron chi connectivity index (χ4n) is 4.50. The molecule has 0 fully saturated rings. The van der Waals surface area contributed by atoms with Crippen molar-refractivity contribution in [3.63, 3.8) is 0 Å². The van der Waals surface area contributed by atoms with Crippen molar-refractivity contribution >= 4 is 17.9 Å². The first-order chi connectivity index (χ1) is 18.4. The van der Waals surface area contributed by atoms with Crippen molar-refractivity contribution in [3.05, 3.63) is 123 Å². The lowest BCUT2D eigenvalue weighted by molar-refractivity contribution is 0.0730. The number of carbonyl (C=O) groups is 3. The molecule has 0 atom stereocenters. The van der Waals surface area contributed by atoms with E-state index < -0.39 is 17.9 Å². The molecule has 6 heteroatoms. The van der Waals surface area contributed by atoms with Gasteiger partial charge in [-0.25, -0.2) is 14.4 Å². The number of aryl methyl sites for hydroxylation is 6. The van der Waals surface area contributed by atoms with E-state index in [-0.39, 0.29) is 17.2 Å². The van der Waals surface area contributed by atoms with Gasteiger partial charge in [0.2, 0.25) is 0 Å². The maximum atomic E-state index is 12.9. The standard InChI is InChI=1S/C33H30O6/c1-19-7-20(2)11-25(10-19)31(34)37-28-16-29(38-32(35)26-12-21(3)8-22(4)13-26)18-30(17-28)39-33(36)27-14-23(5)9-24(6)15-27/h7-18H,1-6H3. The zero-order chi connectivity index (χ0) is 28.3. The number of hydrogen-bond donors (Lipinski definition) is 0. The number of hydrogen-bond acceptors (Lipinski definition) is 6. The molecule has 0 saturated heterocycles. The quantitative estimate of drug-likeness (QED) is 0.197. The minimum atomic E-state index is -0.592. The minimum absolute atomic E-state index is 0.0631. The van der Waals surface area contributed by atoms with Gasteiger partial charge in [-0.3, -0.25) is 0 Å². The van der Waals surface area contributed by atoms with Crippen LogP contribution in [0.2, 0.25) is 0 Å². The van der Waals surface area contributed by atoms with Crippen molar-refractivity contribution in [2.45, 2.75) is 41.5 Å². The normalized spacial score (nSPS) is 10.6. The summed E-state index contributed by atoms with van der Waals surface area (Å²) in [4.78, 5) is 38.8. The van der Waals surface area contributed by atoms with Crippen LogP contribution in [0.3, 0.4) is 0 Å². The monoisotopic (exact) mass is 522 g/mol. The van der Waals surface area contributed by atoms with Crippen LogP contribution in [-0.4, -0.2) is 17.9 Å². The molecule has 6 nitrogen and oxygen atoms in total. The molecule has 39 heavy (non-hydrogen) atoms. The Morgan fingerprint density at radius 1 is 0.359 bits per heavy atom. The average Bonchev–Trinajstić information content (AvgIpc) is 2.82. The van der Waals surface area contributed by atoms with Gasteiger partial charge in [0.05, 0.1) is 16.7 Å². The summed E-state index contributed by atoms with van der Waals surface area (Å²) in [5.74, 6) is -1.59. The van der Waals surface area contributed by atoms with Gasteiger partial charge >= 0.3 is 17.9 Å². The molecule has 0 aliphatic carbocycles. The Balaban J connectivity index is 1.66. The fraction of sp³-hybridized carbons (Fsp3) is 0.182. The van der Waals surface area contributed by atoms with E-state index in [0.717, 1.165) is 33.4 Å². The lowest BCUT2D eigenvalue weighted by Gasteiger charge is -2.12. The molecule has 0 aliphatic heterocycles. The molecule has 0 bridgehead atoms. The van der Waals surface area contributed by atoms with E-state index in [2.05, 4.69) is 0 Å². The summed E-state index contributed by atoms with van der Waals surface area (Å²) in [7, 11) is 0. The van der Waals surface area contributed by atoms with Crippen LogP contribution in [-0.2, 0) is 0 Å². The van der Waals surface area contributed by atoms with Crippen LogP contribution in [0.15, 0.2) is 72.8 Å². The number of ether oxygens (including phenoxy) is 3. The van der Waals surface area contributed by atoms with Crippen LogP contribution in [0.25, 0.3) is 0 Å². The molecule has 0 heterocycles. The second-order valence-electron chi connectivity index (χ2n) is 9.94. The van der Waals surface area contributed by atoms with Crippen molar-refractivity contribution in [1.29, 1.82) is 0 Å². The van der Waals surface area contributed by atoms with E-state index >= 15 is 0 Å². The van der Waals surface area contributed by atoms with Gasteiger partial charge in [0.15, 0.2) is 0 Å². The van der Waals surface area contributed by atoms with E-state index in [1.54, 1.807) is 36.4 Å². The van der Waals surface area contributed by atoms with E-state index in [0.29, 0.717) is 16.7 Å². The Labute approximate surface area is 228 Å². The summed E-state index contributed by atoms with van der Waals surface area (Å²) in [5, 5.41) is 0. The average molecular weight is 523 g/mol. The van der Waals surface area contributed by atoms with E-state index in [9.17, 15) is 14.4 Å². The van der Waals surface area contributed by atoms with Crippen LogP contribution in [0, 0.1) is 41.5 Å². The molecule has 0 spiro atoms. The van der Waals surface area contributed by atoms with Gasteiger partial charge in [0, 0.05) is 18.2 Å². The number of benzene rings is 4. The molecular weight excluding hydrogens is 492 g/mol. The molecule has 0 aliphatic rings. The molecule has 0 saturated carbocycles. The van der Waals surface area contributed by atoms with Crippen LogP contribution in [0.1, 0.15) is 64.5 Å². The Morgan fingerprint density at radius 3 is 0.769 bits per heavy atom. The molecular formula is C33H30O6. The number of esters is 3. The van der Waals surface area contributed by atoms with Crippen LogP contribution < -0.4 is 14.2 Å². The molecule has 4 rings (SSSR count). The second kappa shape index (κ2) is 11.4. The zero-order valence-corrected chi connectivity index (χ0v) is 22.9. The highest BCUT2D eigenvalue weighted by Gasteiger charge is 2.17. The van der Waals surface area contributed by atoms with Crippen LogP contribution in [0.5, 0.6) is 17.2 Å². The summed E-state index contributed by atoms with van der Waals surface area (Å²) in [5.41, 5.74) is 6.63. The lowest BCUT2D eigenvalue weighted by Crippen LogP contribution is -2.13. The number of rotatable bonds is 6. The van der Waals surface area contributed by atoms with Crippen molar-refractivity contribution in [2.75, 3.05) is 0 Å². The van der Waals surface area contributed by atoms with E-state index in [4.69, 9.17) is 14.2 Å². The highest BCUT2D eigenvalue weighted by Crippen LogP contribution is 2.30. The Bertz CT molecular complexity index is 1340. The summed E-state index contributed by atoms with van der Waals surface area (Å²) in [6.45, 7) is 11.3. The molecule has 0 unspecified atom stereocenters. The minimum Gasteiger partial charge on any atom is -0.423 e. The van der Waals surface area contributed by atoms with Gasteiger partial charge in [-0.05, 0) is 77.9 Å². The topological polar surface area (TPSA) is 78.9 Å². The molecule has 0 aromatic heterocycles. The predicted molar refractivity (Wildman–Crippen MR) is 149 cm³/mol. The van der Waals surface area contributed by atoms with Gasteiger partial charge in [-0.2, -0.15) is 0 Å². The van der Waals surface area contributed by atoms with Crippen molar-refractivity contribution < 1.29 is 28.6 Å². The van der Waals surface area contributed by atoms with Gasteiger partial charge in [0.1, 0.15) is 17.2 Å². The molecule has 4 aromatic carbocycles. The number of carbonyl (C=O) groups excluding carboxylic acids is 3. The summed E-state index contributed by atoms with van der Waals surface area (Å²) in [6, 6.07) is 20.4. The smallest absolute Gasteiger partial charge is 0.343 e. The highest BCUT2D eigenvalue weighted by atomic mass is 16.6. The lowest BCUT2D eigenvalue weighted by atomic mass is 10.1.